The van der Waals surface area contributed by atoms with Crippen LogP contribution in [0.3, 0.4) is 0 Å². The fourth-order valence-electron chi connectivity index (χ4n) is 1.77. The molecular formula is C11H23NO4. The maximum atomic E-state index is 11.1. The summed E-state index contributed by atoms with van der Waals surface area (Å²) in [6.45, 7) is 5.49. The summed E-state index contributed by atoms with van der Waals surface area (Å²) >= 11 is 0. The molecule has 0 aromatic heterocycles. The third kappa shape index (κ3) is 4.92. The van der Waals surface area contributed by atoms with Crippen LogP contribution < -0.4 is 0 Å². The zero-order chi connectivity index (χ0) is 12.6. The lowest BCUT2D eigenvalue weighted by atomic mass is 10.1. The van der Waals surface area contributed by atoms with Gasteiger partial charge in [0, 0.05) is 26.8 Å². The molecule has 0 rings (SSSR count). The first-order valence-electron chi connectivity index (χ1n) is 5.54. The Morgan fingerprint density at radius 2 is 2.00 bits per heavy atom. The molecular weight excluding hydrogens is 210 g/mol. The van der Waals surface area contributed by atoms with Crippen molar-refractivity contribution >= 4 is 5.97 Å². The van der Waals surface area contributed by atoms with Crippen molar-refractivity contribution in [3.63, 3.8) is 0 Å². The number of carboxylic acid groups (broad SMARTS) is 1. The molecule has 0 aliphatic carbocycles. The maximum absolute atomic E-state index is 11.1. The molecule has 0 amide bonds. The van der Waals surface area contributed by atoms with E-state index in [9.17, 15) is 4.79 Å². The fraction of sp³-hybridized carbons (Fsp3) is 0.909. The predicted molar refractivity (Wildman–Crippen MR) is 61.6 cm³/mol. The molecule has 0 aromatic carbocycles. The summed E-state index contributed by atoms with van der Waals surface area (Å²) in [5.74, 6) is -0.790. The number of rotatable bonds is 9. The van der Waals surface area contributed by atoms with E-state index in [0.29, 0.717) is 26.2 Å². The van der Waals surface area contributed by atoms with Gasteiger partial charge in [0.1, 0.15) is 6.04 Å². The highest BCUT2D eigenvalue weighted by molar-refractivity contribution is 5.73. The van der Waals surface area contributed by atoms with Crippen molar-refractivity contribution in [3.8, 4) is 0 Å². The highest BCUT2D eigenvalue weighted by Gasteiger charge is 2.27. The van der Waals surface area contributed by atoms with Gasteiger partial charge in [-0.25, -0.2) is 0 Å². The summed E-state index contributed by atoms with van der Waals surface area (Å²) < 4.78 is 10.1. The van der Waals surface area contributed by atoms with E-state index in [1.807, 2.05) is 18.7 Å². The molecule has 5 nitrogen and oxygen atoms in total. The Bertz CT molecular complexity index is 198. The lowest BCUT2D eigenvalue weighted by Gasteiger charge is -2.33. The molecule has 2 unspecified atom stereocenters. The smallest absolute Gasteiger partial charge is 0.320 e. The van der Waals surface area contributed by atoms with Crippen LogP contribution in [0.25, 0.3) is 0 Å². The van der Waals surface area contributed by atoms with Gasteiger partial charge in [0.2, 0.25) is 0 Å². The third-order valence-corrected chi connectivity index (χ3v) is 2.60. The van der Waals surface area contributed by atoms with Crippen molar-refractivity contribution in [1.29, 1.82) is 0 Å². The van der Waals surface area contributed by atoms with Gasteiger partial charge in [-0.2, -0.15) is 0 Å². The van der Waals surface area contributed by atoms with Gasteiger partial charge in [-0.1, -0.05) is 6.92 Å². The zero-order valence-electron chi connectivity index (χ0n) is 10.6. The summed E-state index contributed by atoms with van der Waals surface area (Å²) in [7, 11) is 3.23. The van der Waals surface area contributed by atoms with E-state index in [2.05, 4.69) is 0 Å². The Morgan fingerprint density at radius 1 is 1.38 bits per heavy atom. The highest BCUT2D eigenvalue weighted by atomic mass is 16.5. The second-order valence-electron chi connectivity index (χ2n) is 3.80. The number of hydrogen-bond acceptors (Lipinski definition) is 4. The van der Waals surface area contributed by atoms with Gasteiger partial charge in [-0.3, -0.25) is 9.69 Å². The largest absolute Gasteiger partial charge is 0.480 e. The first-order chi connectivity index (χ1) is 7.58. The van der Waals surface area contributed by atoms with Crippen molar-refractivity contribution < 1.29 is 19.4 Å². The van der Waals surface area contributed by atoms with Gasteiger partial charge in [-0.15, -0.1) is 0 Å². The molecule has 0 saturated heterocycles. The summed E-state index contributed by atoms with van der Waals surface area (Å²) in [4.78, 5) is 13.0. The van der Waals surface area contributed by atoms with Crippen LogP contribution in [-0.4, -0.2) is 62.0 Å². The van der Waals surface area contributed by atoms with Crippen molar-refractivity contribution in [2.24, 2.45) is 0 Å². The minimum absolute atomic E-state index is 0.0706. The molecule has 0 fully saturated rings. The van der Waals surface area contributed by atoms with Gasteiger partial charge in [0.05, 0.1) is 13.2 Å². The molecule has 16 heavy (non-hydrogen) atoms. The number of aliphatic carboxylic acids is 1. The Balaban J connectivity index is 4.54. The molecule has 5 heteroatoms. The van der Waals surface area contributed by atoms with Gasteiger partial charge >= 0.3 is 5.97 Å². The van der Waals surface area contributed by atoms with Crippen LogP contribution in [0.5, 0.6) is 0 Å². The van der Waals surface area contributed by atoms with E-state index < -0.39 is 12.0 Å². The van der Waals surface area contributed by atoms with Gasteiger partial charge in [0.15, 0.2) is 0 Å². The molecule has 0 aliphatic rings. The lowest BCUT2D eigenvalue weighted by Crippen LogP contribution is -2.49. The molecule has 0 aromatic rings. The van der Waals surface area contributed by atoms with Gasteiger partial charge in [-0.05, 0) is 13.3 Å². The van der Waals surface area contributed by atoms with Crippen LogP contribution in [0.2, 0.25) is 0 Å². The summed E-state index contributed by atoms with van der Waals surface area (Å²) in [5.41, 5.74) is 0. The number of nitrogens with zero attached hydrogens (tertiary/aromatic N) is 1. The van der Waals surface area contributed by atoms with Crippen molar-refractivity contribution in [1.82, 2.24) is 4.90 Å². The van der Waals surface area contributed by atoms with E-state index in [-0.39, 0.29) is 6.04 Å². The average molecular weight is 233 g/mol. The maximum Gasteiger partial charge on any atom is 0.320 e. The lowest BCUT2D eigenvalue weighted by molar-refractivity contribution is -0.145. The number of ether oxygens (including phenoxy) is 2. The Kier molecular flexibility index (Phi) is 8.15. The summed E-state index contributed by atoms with van der Waals surface area (Å²) in [5, 5.41) is 9.14. The molecule has 0 radical (unpaired) electrons. The van der Waals surface area contributed by atoms with Gasteiger partial charge < -0.3 is 14.6 Å². The second kappa shape index (κ2) is 8.50. The van der Waals surface area contributed by atoms with Crippen molar-refractivity contribution in [3.05, 3.63) is 0 Å². The van der Waals surface area contributed by atoms with E-state index in [1.54, 1.807) is 14.2 Å². The van der Waals surface area contributed by atoms with Crippen LogP contribution in [-0.2, 0) is 14.3 Å². The van der Waals surface area contributed by atoms with Crippen LogP contribution in [0.4, 0.5) is 0 Å². The first kappa shape index (κ1) is 15.3. The minimum Gasteiger partial charge on any atom is -0.480 e. The normalized spacial score (nSPS) is 15.1. The van der Waals surface area contributed by atoms with E-state index in [0.717, 1.165) is 0 Å². The molecule has 0 heterocycles. The molecule has 0 spiro atoms. The summed E-state index contributed by atoms with van der Waals surface area (Å²) in [6, 6.07) is -0.401. The van der Waals surface area contributed by atoms with Crippen LogP contribution in [0, 0.1) is 0 Å². The monoisotopic (exact) mass is 233 g/mol. The Hall–Kier alpha value is -0.650. The van der Waals surface area contributed by atoms with Crippen LogP contribution >= 0.6 is 0 Å². The number of carbonyl (C=O) groups is 1. The molecule has 0 aliphatic heterocycles. The Morgan fingerprint density at radius 3 is 2.38 bits per heavy atom. The molecule has 1 N–H and O–H groups in total. The SMILES string of the molecule is CCC(C(=O)O)N(CCOC)C(C)COC. The quantitative estimate of drug-likeness (QED) is 0.639. The van der Waals surface area contributed by atoms with Crippen LogP contribution in [0.1, 0.15) is 20.3 Å². The topological polar surface area (TPSA) is 59.0 Å². The van der Waals surface area contributed by atoms with Crippen molar-refractivity contribution in [2.75, 3.05) is 34.0 Å². The first-order valence-corrected chi connectivity index (χ1v) is 5.54. The minimum atomic E-state index is -0.790. The number of methoxy groups -OCH3 is 2. The fourth-order valence-corrected chi connectivity index (χ4v) is 1.77. The summed E-state index contributed by atoms with van der Waals surface area (Å²) in [6.07, 6.45) is 0.576. The molecule has 0 saturated carbocycles. The molecule has 0 bridgehead atoms. The zero-order valence-corrected chi connectivity index (χ0v) is 10.6. The van der Waals surface area contributed by atoms with E-state index in [1.165, 1.54) is 0 Å². The number of carboxylic acids is 1. The molecule has 2 atom stereocenters. The van der Waals surface area contributed by atoms with E-state index >= 15 is 0 Å². The third-order valence-electron chi connectivity index (χ3n) is 2.60. The van der Waals surface area contributed by atoms with Gasteiger partial charge in [0.25, 0.3) is 0 Å². The number of hydrogen-bond donors (Lipinski definition) is 1. The van der Waals surface area contributed by atoms with Crippen molar-refractivity contribution in [2.45, 2.75) is 32.4 Å². The standard InChI is InChI=1S/C11H23NO4/c1-5-10(11(13)14)12(6-7-15-3)9(2)8-16-4/h9-10H,5-8H2,1-4H3,(H,13,14). The average Bonchev–Trinajstić information content (AvgIpc) is 2.23. The van der Waals surface area contributed by atoms with E-state index in [4.69, 9.17) is 14.6 Å². The molecule has 96 valence electrons. The highest BCUT2D eigenvalue weighted by Crippen LogP contribution is 2.10. The predicted octanol–water partition coefficient (Wildman–Crippen LogP) is 0.833. The van der Waals surface area contributed by atoms with Crippen LogP contribution in [0.15, 0.2) is 0 Å². The Labute approximate surface area is 97.3 Å². The second-order valence-corrected chi connectivity index (χ2v) is 3.80.